The average Bonchev–Trinajstić information content (AvgIpc) is 3.99. The molecule has 0 aliphatic carbocycles. The van der Waals surface area contributed by atoms with E-state index in [0.717, 1.165) is 16.9 Å². The van der Waals surface area contributed by atoms with E-state index in [9.17, 15) is 48.3 Å². The minimum Gasteiger partial charge on any atom is -0.480 e. The zero-order valence-corrected chi connectivity index (χ0v) is 52.1. The summed E-state index contributed by atoms with van der Waals surface area (Å²) in [6.45, 7) is 20.5. The molecule has 1 aromatic rings. The van der Waals surface area contributed by atoms with Crippen molar-refractivity contribution in [1.82, 2.24) is 30.2 Å². The maximum absolute atomic E-state index is 14.9. The van der Waals surface area contributed by atoms with Gasteiger partial charge in [0.2, 0.25) is 33.9 Å². The summed E-state index contributed by atoms with van der Waals surface area (Å²) in [5.74, 6) is -4.82. The smallest absolute Gasteiger partial charge is 0.326 e. The summed E-state index contributed by atoms with van der Waals surface area (Å²) < 4.78 is 5.95. The lowest BCUT2D eigenvalue weighted by molar-refractivity contribution is -0.145. The molecule has 2 aliphatic rings. The van der Waals surface area contributed by atoms with Gasteiger partial charge in [0, 0.05) is 76.8 Å². The van der Waals surface area contributed by atoms with Crippen LogP contribution in [-0.2, 0) is 54.3 Å². The lowest BCUT2D eigenvalue weighted by atomic mass is 9.82. The molecule has 0 saturated carbocycles. The number of thioether (sulfide) groups is 2. The number of likely N-dealkylation sites (tertiary alicyclic amines) is 1. The minimum atomic E-state index is -1.15. The summed E-state index contributed by atoms with van der Waals surface area (Å²) in [5.41, 5.74) is 12.9. The molecule has 0 spiro atoms. The van der Waals surface area contributed by atoms with Crippen LogP contribution in [0.4, 0.5) is 0 Å². The number of carboxylic acid groups (broad SMARTS) is 1. The van der Waals surface area contributed by atoms with E-state index in [-0.39, 0.29) is 94.6 Å². The molecule has 0 bridgehead atoms. The Labute approximate surface area is 493 Å². The zero-order valence-electron chi connectivity index (χ0n) is 48.7. The van der Waals surface area contributed by atoms with Crippen LogP contribution in [0, 0.1) is 29.6 Å². The Morgan fingerprint density at radius 3 is 1.90 bits per heavy atom. The Morgan fingerprint density at radius 1 is 0.838 bits per heavy atom. The van der Waals surface area contributed by atoms with Crippen LogP contribution in [0.3, 0.4) is 0 Å². The van der Waals surface area contributed by atoms with Crippen molar-refractivity contribution in [3.05, 3.63) is 58.0 Å². The van der Waals surface area contributed by atoms with Crippen molar-refractivity contribution < 1.29 is 53.0 Å². The number of carbonyl (C=O) groups excluding carboxylic acids is 8. The van der Waals surface area contributed by atoms with Gasteiger partial charge in [-0.25, -0.2) is 4.79 Å². The number of hydrogen-bond acceptors (Lipinski definition) is 17. The van der Waals surface area contributed by atoms with Crippen molar-refractivity contribution in [3.63, 3.8) is 0 Å². The van der Waals surface area contributed by atoms with E-state index in [2.05, 4.69) is 56.3 Å². The normalized spacial score (nSPS) is 18.5. The first kappa shape index (κ1) is 69.9. The second kappa shape index (κ2) is 33.6. The molecule has 0 unspecified atom stereocenters. The summed E-state index contributed by atoms with van der Waals surface area (Å²) in [6.07, 6.45) is 3.59. The zero-order chi connectivity index (χ0) is 60.3. The number of nitrogens with one attached hydrogen (secondary N) is 2. The van der Waals surface area contributed by atoms with Crippen LogP contribution in [0.1, 0.15) is 119 Å². The number of aliphatic carboxylic acids is 1. The molecule has 2 aliphatic heterocycles. The third-order valence-electron chi connectivity index (χ3n) is 15.4. The van der Waals surface area contributed by atoms with Crippen LogP contribution >= 0.6 is 48.8 Å². The second-order valence-corrected chi connectivity index (χ2v) is 24.6. The molecule has 80 heavy (non-hydrogen) atoms. The van der Waals surface area contributed by atoms with E-state index in [1.165, 1.54) is 7.11 Å². The fourth-order valence-electron chi connectivity index (χ4n) is 10.6. The molecular weight excluding hydrogens is 1100 g/mol. The maximum Gasteiger partial charge on any atom is 0.326 e. The molecule has 1 saturated heterocycles. The molecular formula is C57H90N8O11S4. The topological polar surface area (TPSA) is 272 Å². The highest BCUT2D eigenvalue weighted by atomic mass is 32.2. The van der Waals surface area contributed by atoms with Gasteiger partial charge >= 0.3 is 5.97 Å². The summed E-state index contributed by atoms with van der Waals surface area (Å²) in [6, 6.07) is 3.91. The lowest BCUT2D eigenvalue weighted by Gasteiger charge is -2.42. The monoisotopic (exact) mass is 1190 g/mol. The largest absolute Gasteiger partial charge is 0.480 e. The fourth-order valence-corrected chi connectivity index (χ4v) is 13.1. The number of ether oxygens (including phenoxy) is 1. The van der Waals surface area contributed by atoms with Crippen LogP contribution < -0.4 is 22.1 Å². The number of methoxy groups -OCH3 is 1. The van der Waals surface area contributed by atoms with Crippen molar-refractivity contribution in [1.29, 1.82) is 0 Å². The van der Waals surface area contributed by atoms with Crippen LogP contribution in [0.2, 0.25) is 0 Å². The first-order chi connectivity index (χ1) is 37.7. The van der Waals surface area contributed by atoms with Crippen LogP contribution in [0.15, 0.2) is 52.4 Å². The van der Waals surface area contributed by atoms with Gasteiger partial charge in [-0.3, -0.25) is 43.3 Å². The van der Waals surface area contributed by atoms with Crippen molar-refractivity contribution in [2.45, 2.75) is 168 Å². The van der Waals surface area contributed by atoms with Gasteiger partial charge in [-0.05, 0) is 78.4 Å². The van der Waals surface area contributed by atoms with Gasteiger partial charge in [0.05, 0.1) is 36.2 Å². The number of nitrogens with two attached hydrogens (primary N) is 2. The highest BCUT2D eigenvalue weighted by Gasteiger charge is 2.44. The van der Waals surface area contributed by atoms with Gasteiger partial charge in [0.15, 0.2) is 0 Å². The summed E-state index contributed by atoms with van der Waals surface area (Å²) in [4.78, 5) is 127. The molecule has 19 nitrogen and oxygen atoms in total. The number of rotatable bonds is 34. The Kier molecular flexibility index (Phi) is 29.4. The van der Waals surface area contributed by atoms with Gasteiger partial charge in [0.25, 0.3) is 11.8 Å². The first-order valence-electron chi connectivity index (χ1n) is 27.9. The molecule has 0 radical (unpaired) electrons. The van der Waals surface area contributed by atoms with Crippen molar-refractivity contribution in [2.24, 2.45) is 41.1 Å². The number of thiol groups is 2. The van der Waals surface area contributed by atoms with Gasteiger partial charge in [-0.15, -0.1) is 0 Å². The number of unbranched alkanes of at least 4 members (excludes halogenated alkanes) is 2. The fraction of sp³-hybridized carbons (Fsp3) is 0.667. The number of nitrogens with zero attached hydrogens (tertiary/aromatic N) is 4. The molecule has 1 fully saturated rings. The van der Waals surface area contributed by atoms with E-state index in [1.807, 2.05) is 52.8 Å². The predicted molar refractivity (Wildman–Crippen MR) is 322 cm³/mol. The summed E-state index contributed by atoms with van der Waals surface area (Å²) in [5, 5.41) is 15.0. The quantitative estimate of drug-likeness (QED) is 0.0255. The third kappa shape index (κ3) is 18.8. The van der Waals surface area contributed by atoms with Crippen molar-refractivity contribution >= 4 is 100 Å². The number of hydrogen-bond donors (Lipinski definition) is 7. The van der Waals surface area contributed by atoms with Gasteiger partial charge in [0.1, 0.15) is 21.9 Å². The molecule has 1 aromatic carbocycles. The molecule has 448 valence electrons. The second-order valence-electron chi connectivity index (χ2n) is 21.8. The molecule has 7 N–H and O–H groups in total. The summed E-state index contributed by atoms with van der Waals surface area (Å²) >= 11 is 9.13. The van der Waals surface area contributed by atoms with E-state index < -0.39 is 82.2 Å². The van der Waals surface area contributed by atoms with Gasteiger partial charge < -0.3 is 46.6 Å². The van der Waals surface area contributed by atoms with Crippen LogP contribution in [0.25, 0.3) is 0 Å². The average molecular weight is 1190 g/mol. The Morgan fingerprint density at radius 2 is 1.41 bits per heavy atom. The maximum atomic E-state index is 14.9. The lowest BCUT2D eigenvalue weighted by Crippen LogP contribution is -2.56. The number of amides is 6. The molecule has 23 heteroatoms. The highest BCUT2D eigenvalue weighted by molar-refractivity contribution is 8.21. The van der Waals surface area contributed by atoms with Gasteiger partial charge in [-0.2, -0.15) is 25.3 Å². The molecule has 11 atom stereocenters. The molecule has 2 heterocycles. The Hall–Kier alpha value is -4.39. The SMILES string of the molecule is C=C(N[C@H](C(=O)N(C)[C@H]([C@H](CC)CC(=O)N1CCC[C@H]1[C@H](OC)[C@@H](C)C(=O)N[C@@H](Cc1ccccc1)C(=O)O)[C@H](C)CC)C(C)C)[C@H](C(C)C)N(C)C(=O)CCCCCN1C(=O)C(SC(=O)[C@@H](N)CS)=C(SC(=O)[C@@H](N)CS)C1=O. The summed E-state index contributed by atoms with van der Waals surface area (Å²) in [7, 11) is 4.99. The van der Waals surface area contributed by atoms with E-state index >= 15 is 0 Å². The number of carboxylic acids is 1. The Balaban J connectivity index is 1.70. The third-order valence-corrected chi connectivity index (χ3v) is 18.5. The van der Waals surface area contributed by atoms with Crippen molar-refractivity contribution in [3.8, 4) is 0 Å². The van der Waals surface area contributed by atoms with Crippen LogP contribution in [-0.4, -0.2) is 171 Å². The molecule has 3 rings (SSSR count). The van der Waals surface area contributed by atoms with E-state index in [1.54, 1.807) is 47.9 Å². The van der Waals surface area contributed by atoms with E-state index in [4.69, 9.17) is 16.2 Å². The standard InChI is InChI=1S/C57H90N8O11S4/c1-13-34(7)47(38(14-2)29-44(67)64-27-21-24-42(64)48(76-12)35(8)51(68)61-41(55(72)73)28-37-22-17-15-18-23-37)63(11)52(69)45(32(3)4)60-36(9)46(33(5)6)62(10)43(66)25-19-16-20-26-65-53(70)49(79-56(74)39(58)30-77)50(54(65)71)80-57(75)40(59)31-78/h15,17-18,22-23,32-35,38-42,45-48,60,77-78H,9,13-14,16,19-21,24-31,58-59H2,1-8,10-12H3,(H,61,68)(H,72,73)/t34-,35-,38-,39+,40+,41+,42+,45+,46+,47+,48-/m1/s1. The number of likely N-dealkylation sites (N-methyl/N-ethyl adjacent to an activating group) is 2. The molecule has 6 amide bonds. The number of imide groups is 1. The minimum absolute atomic E-state index is 0.00470. The first-order valence-corrected chi connectivity index (χ1v) is 30.8. The van der Waals surface area contributed by atoms with Gasteiger partial charge in [-0.1, -0.05) is 112 Å². The number of benzene rings is 1. The molecule has 0 aromatic heterocycles. The van der Waals surface area contributed by atoms with E-state index in [0.29, 0.717) is 74.3 Å². The van der Waals surface area contributed by atoms with Crippen LogP contribution in [0.5, 0.6) is 0 Å². The Bertz CT molecular complexity index is 2320. The number of carbonyl (C=O) groups is 9. The highest BCUT2D eigenvalue weighted by Crippen LogP contribution is 2.38. The van der Waals surface area contributed by atoms with Crippen molar-refractivity contribution in [2.75, 3.05) is 45.8 Å². The predicted octanol–water partition coefficient (Wildman–Crippen LogP) is 5.52.